The number of hydrogen-bond donors (Lipinski definition) is 1. The summed E-state index contributed by atoms with van der Waals surface area (Å²) >= 11 is 0. The summed E-state index contributed by atoms with van der Waals surface area (Å²) in [7, 11) is 1.79. The predicted octanol–water partition coefficient (Wildman–Crippen LogP) is 1.81. The Labute approximate surface area is 115 Å². The fourth-order valence-corrected chi connectivity index (χ4v) is 2.81. The van der Waals surface area contributed by atoms with Gasteiger partial charge in [-0.3, -0.25) is 4.98 Å². The van der Waals surface area contributed by atoms with Gasteiger partial charge in [0.25, 0.3) is 0 Å². The molecule has 0 bridgehead atoms. The van der Waals surface area contributed by atoms with Crippen LogP contribution in [0.5, 0.6) is 0 Å². The SMILES string of the molecule is COCC1CCN(c2cnccc2CNC2CC2)C1. The normalized spacial score (nSPS) is 23.0. The third-order valence-corrected chi connectivity index (χ3v) is 4.08. The van der Waals surface area contributed by atoms with Gasteiger partial charge in [-0.2, -0.15) is 0 Å². The molecule has 0 amide bonds. The van der Waals surface area contributed by atoms with Gasteiger partial charge in [0.15, 0.2) is 0 Å². The Hall–Kier alpha value is -1.13. The van der Waals surface area contributed by atoms with E-state index < -0.39 is 0 Å². The van der Waals surface area contributed by atoms with Gasteiger partial charge in [0, 0.05) is 44.9 Å². The van der Waals surface area contributed by atoms with Gasteiger partial charge in [0.05, 0.1) is 18.5 Å². The van der Waals surface area contributed by atoms with Crippen molar-refractivity contribution in [3.63, 3.8) is 0 Å². The van der Waals surface area contributed by atoms with Gasteiger partial charge in [0.1, 0.15) is 0 Å². The summed E-state index contributed by atoms with van der Waals surface area (Å²) in [5.41, 5.74) is 2.68. The van der Waals surface area contributed by atoms with Gasteiger partial charge in [-0.15, -0.1) is 0 Å². The third kappa shape index (κ3) is 3.25. The molecule has 3 rings (SSSR count). The van der Waals surface area contributed by atoms with Crippen LogP contribution in [-0.2, 0) is 11.3 Å². The van der Waals surface area contributed by atoms with E-state index in [1.165, 1.54) is 30.5 Å². The molecule has 1 aromatic rings. The fourth-order valence-electron chi connectivity index (χ4n) is 2.81. The topological polar surface area (TPSA) is 37.4 Å². The van der Waals surface area contributed by atoms with Crippen LogP contribution in [0.25, 0.3) is 0 Å². The maximum atomic E-state index is 5.27. The van der Waals surface area contributed by atoms with Crippen LogP contribution in [0.15, 0.2) is 18.5 Å². The Morgan fingerprint density at radius 1 is 1.42 bits per heavy atom. The lowest BCUT2D eigenvalue weighted by molar-refractivity contribution is 0.161. The number of hydrogen-bond acceptors (Lipinski definition) is 4. The van der Waals surface area contributed by atoms with E-state index >= 15 is 0 Å². The monoisotopic (exact) mass is 261 g/mol. The van der Waals surface area contributed by atoms with Gasteiger partial charge >= 0.3 is 0 Å². The van der Waals surface area contributed by atoms with Gasteiger partial charge in [-0.25, -0.2) is 0 Å². The number of nitrogens with one attached hydrogen (secondary N) is 1. The number of rotatable bonds is 6. The first-order valence-corrected chi connectivity index (χ1v) is 7.27. The van der Waals surface area contributed by atoms with E-state index in [4.69, 9.17) is 4.74 Å². The van der Waals surface area contributed by atoms with Gasteiger partial charge < -0.3 is 15.0 Å². The molecule has 1 N–H and O–H groups in total. The number of methoxy groups -OCH3 is 1. The Morgan fingerprint density at radius 2 is 2.32 bits per heavy atom. The van der Waals surface area contributed by atoms with Crippen LogP contribution in [-0.4, -0.2) is 37.8 Å². The Morgan fingerprint density at radius 3 is 3.11 bits per heavy atom. The molecule has 1 aliphatic heterocycles. The molecule has 0 radical (unpaired) electrons. The summed E-state index contributed by atoms with van der Waals surface area (Å²) in [5, 5.41) is 3.59. The predicted molar refractivity (Wildman–Crippen MR) is 76.3 cm³/mol. The second kappa shape index (κ2) is 5.88. The van der Waals surface area contributed by atoms with E-state index in [1.807, 2.05) is 12.4 Å². The summed E-state index contributed by atoms with van der Waals surface area (Å²) in [6, 6.07) is 2.90. The third-order valence-electron chi connectivity index (χ3n) is 4.08. The number of aromatic nitrogens is 1. The molecule has 2 fully saturated rings. The quantitative estimate of drug-likeness (QED) is 0.847. The van der Waals surface area contributed by atoms with Crippen LogP contribution in [0.3, 0.4) is 0 Å². The summed E-state index contributed by atoms with van der Waals surface area (Å²) in [4.78, 5) is 6.76. The Kier molecular flexibility index (Phi) is 3.99. The second-order valence-electron chi connectivity index (χ2n) is 5.72. The van der Waals surface area contributed by atoms with E-state index in [-0.39, 0.29) is 0 Å². The standard InChI is InChI=1S/C15H23N3O/c1-19-11-12-5-7-18(10-12)15-9-16-6-4-13(15)8-17-14-2-3-14/h4,6,9,12,14,17H,2-3,5,7-8,10-11H2,1H3. The van der Waals surface area contributed by atoms with E-state index in [0.29, 0.717) is 5.92 Å². The second-order valence-corrected chi connectivity index (χ2v) is 5.72. The molecule has 1 saturated heterocycles. The van der Waals surface area contributed by atoms with Crippen LogP contribution in [0.2, 0.25) is 0 Å². The minimum absolute atomic E-state index is 0.662. The average Bonchev–Trinajstić information content (AvgIpc) is 3.16. The molecule has 1 saturated carbocycles. The summed E-state index contributed by atoms with van der Waals surface area (Å²) in [5.74, 6) is 0.662. The van der Waals surface area contributed by atoms with E-state index in [1.54, 1.807) is 7.11 Å². The molecule has 1 aromatic heterocycles. The van der Waals surface area contributed by atoms with Gasteiger partial charge in [-0.05, 0) is 30.9 Å². The van der Waals surface area contributed by atoms with E-state index in [2.05, 4.69) is 21.3 Å². The molecule has 19 heavy (non-hydrogen) atoms. The summed E-state index contributed by atoms with van der Waals surface area (Å²) < 4.78 is 5.27. The van der Waals surface area contributed by atoms with Crippen molar-refractivity contribution in [1.82, 2.24) is 10.3 Å². The van der Waals surface area contributed by atoms with Crippen LogP contribution in [0, 0.1) is 5.92 Å². The van der Waals surface area contributed by atoms with Gasteiger partial charge in [-0.1, -0.05) is 0 Å². The lowest BCUT2D eigenvalue weighted by Gasteiger charge is -2.21. The lowest BCUT2D eigenvalue weighted by atomic mass is 10.1. The van der Waals surface area contributed by atoms with Crippen molar-refractivity contribution in [3.05, 3.63) is 24.0 Å². The molecular weight excluding hydrogens is 238 g/mol. The zero-order chi connectivity index (χ0) is 13.1. The van der Waals surface area contributed by atoms with Crippen LogP contribution < -0.4 is 10.2 Å². The van der Waals surface area contributed by atoms with Crippen molar-refractivity contribution in [2.75, 3.05) is 31.7 Å². The molecule has 0 spiro atoms. The van der Waals surface area contributed by atoms with Crippen molar-refractivity contribution >= 4 is 5.69 Å². The summed E-state index contributed by atoms with van der Waals surface area (Å²) in [6.07, 6.45) is 7.80. The van der Waals surface area contributed by atoms with Crippen molar-refractivity contribution in [2.45, 2.75) is 31.8 Å². The van der Waals surface area contributed by atoms with Crippen LogP contribution in [0.1, 0.15) is 24.8 Å². The number of pyridine rings is 1. The van der Waals surface area contributed by atoms with Crippen LogP contribution in [0.4, 0.5) is 5.69 Å². The first-order valence-electron chi connectivity index (χ1n) is 7.27. The van der Waals surface area contributed by atoms with Crippen LogP contribution >= 0.6 is 0 Å². The minimum atomic E-state index is 0.662. The number of nitrogens with zero attached hydrogens (tertiary/aromatic N) is 2. The highest BCUT2D eigenvalue weighted by Gasteiger charge is 2.25. The van der Waals surface area contributed by atoms with Crippen molar-refractivity contribution in [1.29, 1.82) is 0 Å². The van der Waals surface area contributed by atoms with E-state index in [0.717, 1.165) is 32.3 Å². The largest absolute Gasteiger partial charge is 0.384 e. The maximum absolute atomic E-state index is 5.27. The molecule has 4 nitrogen and oxygen atoms in total. The molecule has 1 atom stereocenters. The highest BCUT2D eigenvalue weighted by molar-refractivity contribution is 5.52. The molecular formula is C15H23N3O. The summed E-state index contributed by atoms with van der Waals surface area (Å²) in [6.45, 7) is 4.05. The molecule has 1 unspecified atom stereocenters. The maximum Gasteiger partial charge on any atom is 0.0598 e. The molecule has 104 valence electrons. The first kappa shape index (κ1) is 12.9. The zero-order valence-electron chi connectivity index (χ0n) is 11.6. The van der Waals surface area contributed by atoms with Crippen molar-refractivity contribution in [2.24, 2.45) is 5.92 Å². The van der Waals surface area contributed by atoms with Gasteiger partial charge in [0.2, 0.25) is 0 Å². The molecule has 4 heteroatoms. The van der Waals surface area contributed by atoms with Crippen molar-refractivity contribution < 1.29 is 4.74 Å². The number of anilines is 1. The lowest BCUT2D eigenvalue weighted by Crippen LogP contribution is -2.24. The molecule has 2 heterocycles. The first-order chi connectivity index (χ1) is 9.36. The number of ether oxygens (including phenoxy) is 1. The highest BCUT2D eigenvalue weighted by Crippen LogP contribution is 2.27. The van der Waals surface area contributed by atoms with Crippen molar-refractivity contribution in [3.8, 4) is 0 Å². The minimum Gasteiger partial charge on any atom is -0.384 e. The molecule has 2 aliphatic rings. The molecule has 1 aliphatic carbocycles. The zero-order valence-corrected chi connectivity index (χ0v) is 11.6. The Bertz CT molecular complexity index is 420. The average molecular weight is 261 g/mol. The Balaban J connectivity index is 1.65. The smallest absolute Gasteiger partial charge is 0.0598 e. The molecule has 0 aromatic carbocycles. The highest BCUT2D eigenvalue weighted by atomic mass is 16.5. The fraction of sp³-hybridized carbons (Fsp3) is 0.667. The van der Waals surface area contributed by atoms with E-state index in [9.17, 15) is 0 Å².